The Hall–Kier alpha value is -15.1. The molecular formula is C124H92Ir4N7O6-7. The summed E-state index contributed by atoms with van der Waals surface area (Å²) in [5.41, 5.74) is 32.0. The Morgan fingerprint density at radius 2 is 0.589 bits per heavy atom. The molecule has 13 aromatic carbocycles. The van der Waals surface area contributed by atoms with Crippen LogP contribution in [0.3, 0.4) is 0 Å². The molecule has 0 aliphatic heterocycles. The second-order valence-electron chi connectivity index (χ2n) is 32.6. The Bertz CT molecular complexity index is 8150. The Balaban J connectivity index is 0.000000138. The molecule has 1 N–H and O–H groups in total. The maximum Gasteiger partial charge on any atom is 0.155 e. The normalized spacial score (nSPS) is 10.6. The first-order valence-corrected chi connectivity index (χ1v) is 44.8. The van der Waals surface area contributed by atoms with Gasteiger partial charge in [-0.05, 0) is 183 Å². The quantitative estimate of drug-likeness (QED) is 0.0777. The summed E-state index contributed by atoms with van der Waals surface area (Å²) in [6, 6.07) is 142. The second-order valence-corrected chi connectivity index (χ2v) is 32.6. The molecule has 0 fully saturated rings. The number of aryl methyl sites for hydroxylation is 6. The molecule has 0 amide bonds. The van der Waals surface area contributed by atoms with Crippen molar-refractivity contribution in [2.75, 3.05) is 0 Å². The number of furan rings is 4. The Morgan fingerprint density at radius 3 is 0.929 bits per heavy atom. The summed E-state index contributed by atoms with van der Waals surface area (Å²) in [6.45, 7) is 15.2. The van der Waals surface area contributed by atoms with Gasteiger partial charge in [0.1, 0.15) is 22.3 Å². The van der Waals surface area contributed by atoms with Gasteiger partial charge in [0.15, 0.2) is 5.78 Å². The fourth-order valence-electron chi connectivity index (χ4n) is 15.6. The minimum atomic E-state index is -0.125. The summed E-state index contributed by atoms with van der Waals surface area (Å²) >= 11 is 0. The molecular weight excluding hydrogens is 2450 g/mol. The van der Waals surface area contributed by atoms with E-state index in [0.29, 0.717) is 0 Å². The first kappa shape index (κ1) is 103. The third-order valence-corrected chi connectivity index (χ3v) is 22.5. The van der Waals surface area contributed by atoms with Gasteiger partial charge in [-0.25, -0.2) is 0 Å². The third-order valence-electron chi connectivity index (χ3n) is 22.5. The van der Waals surface area contributed by atoms with Crippen molar-refractivity contribution in [1.29, 1.82) is 0 Å². The van der Waals surface area contributed by atoms with Crippen LogP contribution >= 0.6 is 0 Å². The summed E-state index contributed by atoms with van der Waals surface area (Å²) in [5.74, 6) is -0.0625. The molecule has 0 aliphatic carbocycles. The maximum absolute atomic E-state index is 10.0. The molecule has 141 heavy (non-hydrogen) atoms. The van der Waals surface area contributed by atoms with E-state index in [0.717, 1.165) is 178 Å². The fourth-order valence-corrected chi connectivity index (χ4v) is 15.6. The topological polar surface area (TPSA) is 180 Å². The number of pyridine rings is 7. The summed E-state index contributed by atoms with van der Waals surface area (Å²) < 4.78 is 24.3. The van der Waals surface area contributed by atoms with Crippen molar-refractivity contribution in [1.82, 2.24) is 34.9 Å². The van der Waals surface area contributed by atoms with Gasteiger partial charge in [0.05, 0.1) is 28.1 Å². The van der Waals surface area contributed by atoms with Crippen molar-refractivity contribution >= 4 is 93.5 Å². The van der Waals surface area contributed by atoms with E-state index in [4.69, 9.17) is 22.8 Å². The molecule has 11 aromatic heterocycles. The standard InChI is InChI=1S/C24H16NO.C23H14NO.C19H14NO.C18H12NO.2C12H10N.C11H8N.C5H8O2.4Ir/c1-16-9-11-17(12-10-16)18-13-14-25-22(15-18)21-7-4-6-20-19-5-2-3-8-23(19)26-24(20)21;1-2-7-16(8-3-1)17-13-14-24-21(15-17)20-11-6-10-19-18-9-4-5-12-22(18)25-23(19)20;1-12-10-17(20-11-13(12)2)16-8-5-7-15-14-6-3-4-9-18(14)21-19(15)16;1-12-9-10-19-16(11-12)15-7-4-6-14-13-5-2-3-8-17(13)20-18(14)15;2*1-10-7-8-12(13-9-10)11-5-3-2-4-6-11;1-2-6-10(7-3-1)11-8-4-5-9-12-11;1-4(6)3-5(2)7;;;;/h2-6,8-15H,1H3;1-10,12-15H;3-7,9-11H,1-2H3;2-6,8-11H,1H3;2*2-5,7-9H,1H3;1-6,8-9H;3,6H,1-2H3;;;;/q7*-1;;;;;. The number of nitrogens with zero attached hydrogens (tertiary/aromatic N) is 7. The minimum Gasteiger partial charge on any atom is -0.512 e. The molecule has 13 nitrogen and oxygen atoms in total. The van der Waals surface area contributed by atoms with E-state index >= 15 is 0 Å². The molecule has 0 spiro atoms. The number of aromatic nitrogens is 7. The smallest absolute Gasteiger partial charge is 0.155 e. The van der Waals surface area contributed by atoms with Crippen LogP contribution in [0.2, 0.25) is 0 Å². The van der Waals surface area contributed by atoms with E-state index in [9.17, 15) is 4.79 Å². The van der Waals surface area contributed by atoms with Gasteiger partial charge in [-0.2, -0.15) is 0 Å². The van der Waals surface area contributed by atoms with Crippen LogP contribution in [0.4, 0.5) is 0 Å². The summed E-state index contributed by atoms with van der Waals surface area (Å²) in [5, 5.41) is 17.3. The number of allylic oxidation sites excluding steroid dienone is 2. The Kier molecular flexibility index (Phi) is 36.6. The van der Waals surface area contributed by atoms with E-state index in [1.54, 1.807) is 6.20 Å². The van der Waals surface area contributed by atoms with Gasteiger partial charge in [0.25, 0.3) is 0 Å². The van der Waals surface area contributed by atoms with E-state index in [1.165, 1.54) is 64.4 Å². The summed E-state index contributed by atoms with van der Waals surface area (Å²) in [7, 11) is 0. The van der Waals surface area contributed by atoms with Crippen LogP contribution in [0.5, 0.6) is 0 Å². The van der Waals surface area contributed by atoms with Gasteiger partial charge in [-0.1, -0.05) is 249 Å². The number of aliphatic hydroxyl groups excluding tert-OH is 1. The second kappa shape index (κ2) is 50.0. The van der Waals surface area contributed by atoms with Crippen LogP contribution in [0.25, 0.3) is 189 Å². The first-order valence-electron chi connectivity index (χ1n) is 44.8. The number of hydrogen-bond acceptors (Lipinski definition) is 13. The van der Waals surface area contributed by atoms with Gasteiger partial charge in [-0.3, -0.25) is 4.79 Å². The third kappa shape index (κ3) is 25.9. The molecule has 24 rings (SSSR count). The van der Waals surface area contributed by atoms with Crippen molar-refractivity contribution in [2.45, 2.75) is 55.4 Å². The van der Waals surface area contributed by atoms with Crippen molar-refractivity contribution in [3.63, 3.8) is 0 Å². The van der Waals surface area contributed by atoms with Crippen molar-refractivity contribution in [2.24, 2.45) is 0 Å². The van der Waals surface area contributed by atoms with E-state index in [1.807, 2.05) is 306 Å². The first-order chi connectivity index (χ1) is 67.1. The van der Waals surface area contributed by atoms with E-state index < -0.39 is 0 Å². The zero-order valence-corrected chi connectivity index (χ0v) is 87.7. The zero-order valence-electron chi connectivity index (χ0n) is 78.1. The zero-order chi connectivity index (χ0) is 94.4. The molecule has 11 heterocycles. The number of carbonyl (C=O) groups excluding carboxylic acids is 1. The maximum atomic E-state index is 10.0. The molecule has 0 atom stereocenters. The molecule has 0 bridgehead atoms. The summed E-state index contributed by atoms with van der Waals surface area (Å²) in [4.78, 5) is 41.0. The molecule has 0 aliphatic rings. The largest absolute Gasteiger partial charge is 0.512 e. The molecule has 4 radical (unpaired) electrons. The summed E-state index contributed by atoms with van der Waals surface area (Å²) in [6.07, 6.45) is 14.1. The number of aliphatic hydroxyl groups is 1. The number of para-hydroxylation sites is 4. The average Bonchev–Trinajstić information content (AvgIpc) is 1.63. The van der Waals surface area contributed by atoms with Gasteiger partial charge in [-0.15, -0.1) is 180 Å². The van der Waals surface area contributed by atoms with E-state index in [-0.39, 0.29) is 92.0 Å². The van der Waals surface area contributed by atoms with Crippen molar-refractivity contribution in [3.8, 4) is 101 Å². The molecule has 0 unspecified atom stereocenters. The van der Waals surface area contributed by atoms with Crippen LogP contribution in [0.1, 0.15) is 47.2 Å². The van der Waals surface area contributed by atoms with Gasteiger partial charge in [0.2, 0.25) is 0 Å². The van der Waals surface area contributed by atoms with Gasteiger partial charge >= 0.3 is 0 Å². The van der Waals surface area contributed by atoms with Gasteiger partial charge in [0, 0.05) is 151 Å². The number of carbonyl (C=O) groups is 1. The predicted octanol–water partition coefficient (Wildman–Crippen LogP) is 31.7. The minimum absolute atomic E-state index is 0. The number of ketones is 1. The Labute approximate surface area is 874 Å². The van der Waals surface area contributed by atoms with Gasteiger partial charge < -0.3 is 57.7 Å². The van der Waals surface area contributed by atoms with Crippen LogP contribution in [-0.4, -0.2) is 45.8 Å². The van der Waals surface area contributed by atoms with Crippen LogP contribution in [-0.2, 0) is 85.2 Å². The molecule has 0 saturated carbocycles. The van der Waals surface area contributed by atoms with Crippen LogP contribution in [0.15, 0.2) is 431 Å². The Morgan fingerprint density at radius 1 is 0.255 bits per heavy atom. The predicted molar refractivity (Wildman–Crippen MR) is 555 cm³/mol. The SMILES string of the molecule is CC(=O)C=C(C)O.Cc1ccc(-c2[c-]cccc2)nc1.Cc1ccc(-c2[c-]cccc2)nc1.Cc1ccc(-c2ccnc(-c3[c-]ccc4c3oc3ccccc34)c2)cc1.Cc1ccnc(-c2[c-]ccc3c2oc2ccccc23)c1.Cc1cnc(-c2[c-]ccc3c2oc2ccccc23)cc1C.[Ir].[Ir].[Ir].[Ir].[c-]1ccc2c(oc3ccccc32)c1-c1cc(-c2ccccc2)ccn1.[c-]1ccccc1-c1ccccn1. The molecule has 17 heteroatoms. The number of benzene rings is 13. The molecule has 702 valence electrons. The molecule has 24 aromatic rings. The molecule has 0 saturated heterocycles. The van der Waals surface area contributed by atoms with Crippen LogP contribution < -0.4 is 0 Å². The van der Waals surface area contributed by atoms with Crippen molar-refractivity contribution in [3.05, 3.63) is 489 Å². The van der Waals surface area contributed by atoms with Crippen molar-refractivity contribution < 1.29 is 108 Å². The number of fused-ring (bicyclic) bond motifs is 12. The monoisotopic (exact) mass is 2550 g/mol. The number of rotatable bonds is 10. The van der Waals surface area contributed by atoms with E-state index in [2.05, 4.69) is 208 Å². The average molecular weight is 2550 g/mol. The van der Waals surface area contributed by atoms with Crippen LogP contribution in [0, 0.1) is 84.0 Å². The fraction of sp³-hybridized carbons (Fsp3) is 0.0645. The number of hydrogen-bond donors (Lipinski definition) is 1.